The Hall–Kier alpha value is -0.900. The molecule has 1 N–H and O–H groups in total. The Morgan fingerprint density at radius 3 is 2.37 bits per heavy atom. The lowest BCUT2D eigenvalue weighted by molar-refractivity contribution is -0.137. The molecule has 1 aromatic rings. The first-order valence-electron chi connectivity index (χ1n) is 6.49. The Balaban J connectivity index is 2.09. The van der Waals surface area contributed by atoms with E-state index in [1.165, 1.54) is 6.07 Å². The quantitative estimate of drug-likeness (QED) is 0.774. The van der Waals surface area contributed by atoms with Crippen molar-refractivity contribution in [2.24, 2.45) is 5.92 Å². The second kappa shape index (κ2) is 5.61. The monoisotopic (exact) mass is 291 g/mol. The summed E-state index contributed by atoms with van der Waals surface area (Å²) in [5.41, 5.74) is -0.278. The summed E-state index contributed by atoms with van der Waals surface area (Å²) in [4.78, 5) is 0. The molecule has 1 nitrogen and oxygen atoms in total. The second-order valence-electron chi connectivity index (χ2n) is 5.29. The molecule has 0 aromatic heterocycles. The Bertz CT molecular complexity index is 437. The van der Waals surface area contributed by atoms with Crippen molar-refractivity contribution < 1.29 is 13.2 Å². The summed E-state index contributed by atoms with van der Waals surface area (Å²) >= 11 is 5.59. The number of anilines is 1. The minimum absolute atomic E-state index is 0.254. The van der Waals surface area contributed by atoms with Gasteiger partial charge in [-0.1, -0.05) is 18.5 Å². The van der Waals surface area contributed by atoms with Crippen LogP contribution in [-0.2, 0) is 6.18 Å². The minimum atomic E-state index is -4.41. The molecule has 0 aliphatic heterocycles. The summed E-state index contributed by atoms with van der Waals surface area (Å²) in [7, 11) is 0. The predicted octanol–water partition coefficient (Wildman–Crippen LogP) is 5.35. The molecule has 0 radical (unpaired) electrons. The molecule has 106 valence electrons. The third kappa shape index (κ3) is 3.78. The molecule has 1 aliphatic rings. The standard InChI is InChI=1S/C14H17ClF3N/c1-9-2-4-10(5-3-9)19-11-6-7-13(15)12(8-11)14(16,17)18/h6-10,19H,2-5H2,1H3. The van der Waals surface area contributed by atoms with Crippen molar-refractivity contribution in [1.82, 2.24) is 0 Å². The normalized spacial score (nSPS) is 24.3. The molecule has 0 amide bonds. The van der Waals surface area contributed by atoms with E-state index in [0.717, 1.165) is 31.7 Å². The van der Waals surface area contributed by atoms with Gasteiger partial charge in [0.05, 0.1) is 10.6 Å². The Labute approximate surface area is 116 Å². The smallest absolute Gasteiger partial charge is 0.382 e. The predicted molar refractivity (Wildman–Crippen MR) is 71.5 cm³/mol. The Kier molecular flexibility index (Phi) is 4.29. The number of hydrogen-bond acceptors (Lipinski definition) is 1. The lowest BCUT2D eigenvalue weighted by atomic mass is 9.87. The zero-order valence-corrected chi connectivity index (χ0v) is 11.5. The Morgan fingerprint density at radius 2 is 1.79 bits per heavy atom. The largest absolute Gasteiger partial charge is 0.417 e. The molecular weight excluding hydrogens is 275 g/mol. The van der Waals surface area contributed by atoms with Gasteiger partial charge in [0.2, 0.25) is 0 Å². The van der Waals surface area contributed by atoms with Gasteiger partial charge in [-0.25, -0.2) is 0 Å². The highest BCUT2D eigenvalue weighted by atomic mass is 35.5. The molecule has 2 rings (SSSR count). The average Bonchev–Trinajstić information content (AvgIpc) is 2.33. The van der Waals surface area contributed by atoms with Gasteiger partial charge in [0.1, 0.15) is 0 Å². The van der Waals surface area contributed by atoms with E-state index < -0.39 is 11.7 Å². The van der Waals surface area contributed by atoms with E-state index in [-0.39, 0.29) is 11.1 Å². The van der Waals surface area contributed by atoms with Gasteiger partial charge < -0.3 is 5.32 Å². The summed E-state index contributed by atoms with van der Waals surface area (Å²) in [6.07, 6.45) is -0.152. The fraction of sp³-hybridized carbons (Fsp3) is 0.571. The number of benzene rings is 1. The topological polar surface area (TPSA) is 12.0 Å². The van der Waals surface area contributed by atoms with Crippen LogP contribution in [0.2, 0.25) is 5.02 Å². The van der Waals surface area contributed by atoms with Crippen LogP contribution in [0.3, 0.4) is 0 Å². The first-order valence-corrected chi connectivity index (χ1v) is 6.87. The first kappa shape index (κ1) is 14.5. The summed E-state index contributed by atoms with van der Waals surface area (Å²) in [5.74, 6) is 0.717. The second-order valence-corrected chi connectivity index (χ2v) is 5.70. The summed E-state index contributed by atoms with van der Waals surface area (Å²) in [6.45, 7) is 2.21. The molecule has 0 bridgehead atoms. The van der Waals surface area contributed by atoms with Crippen LogP contribution < -0.4 is 5.32 Å². The van der Waals surface area contributed by atoms with Crippen LogP contribution in [-0.4, -0.2) is 6.04 Å². The van der Waals surface area contributed by atoms with Crippen molar-refractivity contribution >= 4 is 17.3 Å². The van der Waals surface area contributed by atoms with E-state index in [4.69, 9.17) is 11.6 Å². The highest BCUT2D eigenvalue weighted by molar-refractivity contribution is 6.31. The number of nitrogens with one attached hydrogen (secondary N) is 1. The van der Waals surface area contributed by atoms with Crippen LogP contribution >= 0.6 is 11.6 Å². The zero-order chi connectivity index (χ0) is 14.0. The van der Waals surface area contributed by atoms with Crippen molar-refractivity contribution in [2.45, 2.75) is 44.8 Å². The van der Waals surface area contributed by atoms with Gasteiger partial charge >= 0.3 is 6.18 Å². The first-order chi connectivity index (χ1) is 8.86. The van der Waals surface area contributed by atoms with Crippen LogP contribution in [0, 0.1) is 5.92 Å². The summed E-state index contributed by atoms with van der Waals surface area (Å²) < 4.78 is 38.2. The molecule has 19 heavy (non-hydrogen) atoms. The number of alkyl halides is 3. The van der Waals surface area contributed by atoms with E-state index in [1.54, 1.807) is 6.07 Å². The minimum Gasteiger partial charge on any atom is -0.382 e. The maximum Gasteiger partial charge on any atom is 0.417 e. The molecule has 0 unspecified atom stereocenters. The van der Waals surface area contributed by atoms with Gasteiger partial charge in [-0.05, 0) is 49.8 Å². The lowest BCUT2D eigenvalue weighted by Crippen LogP contribution is -2.25. The third-order valence-corrected chi connectivity index (χ3v) is 3.99. The SMILES string of the molecule is CC1CCC(Nc2ccc(Cl)c(C(F)(F)F)c2)CC1. The van der Waals surface area contributed by atoms with Crippen molar-refractivity contribution in [3.63, 3.8) is 0 Å². The molecule has 5 heteroatoms. The van der Waals surface area contributed by atoms with Crippen molar-refractivity contribution in [1.29, 1.82) is 0 Å². The Morgan fingerprint density at radius 1 is 1.16 bits per heavy atom. The average molecular weight is 292 g/mol. The lowest BCUT2D eigenvalue weighted by Gasteiger charge is -2.28. The van der Waals surface area contributed by atoms with E-state index in [9.17, 15) is 13.2 Å². The number of halogens is 4. The molecule has 0 saturated heterocycles. The van der Waals surface area contributed by atoms with Gasteiger partial charge in [0, 0.05) is 11.7 Å². The fourth-order valence-corrected chi connectivity index (χ4v) is 2.70. The highest BCUT2D eigenvalue weighted by Gasteiger charge is 2.33. The van der Waals surface area contributed by atoms with E-state index in [0.29, 0.717) is 11.6 Å². The van der Waals surface area contributed by atoms with Crippen molar-refractivity contribution in [2.75, 3.05) is 5.32 Å². The maximum atomic E-state index is 12.7. The molecular formula is C14H17ClF3N. The fourth-order valence-electron chi connectivity index (χ4n) is 2.47. The molecule has 1 aromatic carbocycles. The van der Waals surface area contributed by atoms with Gasteiger partial charge in [0.25, 0.3) is 0 Å². The van der Waals surface area contributed by atoms with Crippen LogP contribution in [0.15, 0.2) is 18.2 Å². The molecule has 1 aliphatic carbocycles. The van der Waals surface area contributed by atoms with Crippen LogP contribution in [0.5, 0.6) is 0 Å². The third-order valence-electron chi connectivity index (χ3n) is 3.66. The molecule has 0 heterocycles. The molecule has 0 spiro atoms. The van der Waals surface area contributed by atoms with Crippen molar-refractivity contribution in [3.8, 4) is 0 Å². The summed E-state index contributed by atoms with van der Waals surface area (Å²) in [5, 5.41) is 2.93. The summed E-state index contributed by atoms with van der Waals surface area (Å²) in [6, 6.07) is 4.27. The van der Waals surface area contributed by atoms with Crippen LogP contribution in [0.4, 0.5) is 18.9 Å². The number of hydrogen-bond donors (Lipinski definition) is 1. The van der Waals surface area contributed by atoms with Crippen LogP contribution in [0.25, 0.3) is 0 Å². The molecule has 1 saturated carbocycles. The molecule has 1 fully saturated rings. The van der Waals surface area contributed by atoms with Crippen molar-refractivity contribution in [3.05, 3.63) is 28.8 Å². The van der Waals surface area contributed by atoms with Gasteiger partial charge in [0.15, 0.2) is 0 Å². The molecule has 0 atom stereocenters. The van der Waals surface area contributed by atoms with Gasteiger partial charge in [-0.2, -0.15) is 13.2 Å². The van der Waals surface area contributed by atoms with E-state index in [1.807, 2.05) is 0 Å². The number of rotatable bonds is 2. The maximum absolute atomic E-state index is 12.7. The van der Waals surface area contributed by atoms with E-state index in [2.05, 4.69) is 12.2 Å². The van der Waals surface area contributed by atoms with E-state index >= 15 is 0 Å². The van der Waals surface area contributed by atoms with Gasteiger partial charge in [-0.3, -0.25) is 0 Å². The highest BCUT2D eigenvalue weighted by Crippen LogP contribution is 2.36. The van der Waals surface area contributed by atoms with Crippen LogP contribution in [0.1, 0.15) is 38.2 Å². The zero-order valence-electron chi connectivity index (χ0n) is 10.7. The van der Waals surface area contributed by atoms with Gasteiger partial charge in [-0.15, -0.1) is 0 Å².